The van der Waals surface area contributed by atoms with Crippen LogP contribution in [0.2, 0.25) is 0 Å². The quantitative estimate of drug-likeness (QED) is 0.870. The summed E-state index contributed by atoms with van der Waals surface area (Å²) in [6.07, 6.45) is 2.55. The number of aromatic nitrogens is 3. The highest BCUT2D eigenvalue weighted by molar-refractivity contribution is 7.13. The molecule has 1 aliphatic heterocycles. The van der Waals surface area contributed by atoms with Crippen molar-refractivity contribution in [3.63, 3.8) is 0 Å². The lowest BCUT2D eigenvalue weighted by molar-refractivity contribution is 0.0505. The van der Waals surface area contributed by atoms with Gasteiger partial charge in [-0.15, -0.1) is 11.3 Å². The normalized spacial score (nSPS) is 25.1. The van der Waals surface area contributed by atoms with Crippen LogP contribution in [0.5, 0.6) is 0 Å². The van der Waals surface area contributed by atoms with Crippen molar-refractivity contribution in [1.29, 1.82) is 0 Å². The first-order valence-corrected chi connectivity index (χ1v) is 6.32. The summed E-state index contributed by atoms with van der Waals surface area (Å²) in [6, 6.07) is 4.03. The number of nitrogens with one attached hydrogen (secondary N) is 1. The molecule has 2 aromatic rings. The maximum absolute atomic E-state index is 5.75. The highest BCUT2D eigenvalue weighted by atomic mass is 32.1. The highest BCUT2D eigenvalue weighted by Crippen LogP contribution is 2.31. The summed E-state index contributed by atoms with van der Waals surface area (Å²) in [4.78, 5) is 5.58. The first kappa shape index (κ1) is 9.99. The molecule has 1 N–H and O–H groups in total. The Bertz CT molecular complexity index is 465. The Morgan fingerprint density at radius 3 is 3.12 bits per heavy atom. The van der Waals surface area contributed by atoms with Crippen molar-refractivity contribution in [2.24, 2.45) is 0 Å². The van der Waals surface area contributed by atoms with Crippen molar-refractivity contribution < 1.29 is 4.74 Å². The van der Waals surface area contributed by atoms with Crippen LogP contribution < -0.4 is 0 Å². The molecular weight excluding hydrogens is 222 g/mol. The Labute approximate surface area is 97.7 Å². The van der Waals surface area contributed by atoms with E-state index in [9.17, 15) is 0 Å². The molecule has 3 heterocycles. The lowest BCUT2D eigenvalue weighted by atomic mass is 10.2. The molecule has 0 aromatic carbocycles. The lowest BCUT2D eigenvalue weighted by Gasteiger charge is -2.06. The molecule has 0 aliphatic carbocycles. The van der Waals surface area contributed by atoms with E-state index in [1.54, 1.807) is 11.3 Å². The van der Waals surface area contributed by atoms with E-state index in [1.165, 1.54) is 0 Å². The average Bonchev–Trinajstić information content (AvgIpc) is 2.97. The Morgan fingerprint density at radius 1 is 1.50 bits per heavy atom. The summed E-state index contributed by atoms with van der Waals surface area (Å²) < 4.78 is 5.75. The van der Waals surface area contributed by atoms with Crippen LogP contribution in [0.3, 0.4) is 0 Å². The van der Waals surface area contributed by atoms with E-state index in [0.29, 0.717) is 6.10 Å². The SMILES string of the molecule is CC1CCC(c2nc(-c3cccs3)n[nH]2)O1. The molecule has 2 unspecified atom stereocenters. The zero-order valence-corrected chi connectivity index (χ0v) is 9.83. The average molecular weight is 235 g/mol. The predicted octanol–water partition coefficient (Wildman–Crippen LogP) is 2.77. The number of hydrogen-bond donors (Lipinski definition) is 1. The number of rotatable bonds is 2. The van der Waals surface area contributed by atoms with Gasteiger partial charge in [-0.25, -0.2) is 4.98 Å². The van der Waals surface area contributed by atoms with Gasteiger partial charge in [-0.1, -0.05) is 6.07 Å². The zero-order chi connectivity index (χ0) is 11.0. The van der Waals surface area contributed by atoms with Gasteiger partial charge in [-0.05, 0) is 31.2 Å². The molecule has 0 spiro atoms. The van der Waals surface area contributed by atoms with Crippen LogP contribution in [0.25, 0.3) is 10.7 Å². The Hall–Kier alpha value is -1.20. The van der Waals surface area contributed by atoms with Crippen LogP contribution in [0.1, 0.15) is 31.7 Å². The van der Waals surface area contributed by atoms with Crippen molar-refractivity contribution in [2.75, 3.05) is 0 Å². The third-order valence-electron chi connectivity index (χ3n) is 2.78. The number of thiophene rings is 1. The molecule has 3 rings (SSSR count). The highest BCUT2D eigenvalue weighted by Gasteiger charge is 2.26. The van der Waals surface area contributed by atoms with Gasteiger partial charge < -0.3 is 4.74 Å². The molecule has 0 bridgehead atoms. The minimum atomic E-state index is 0.0937. The minimum absolute atomic E-state index is 0.0937. The van der Waals surface area contributed by atoms with Gasteiger partial charge in [0.25, 0.3) is 0 Å². The molecule has 0 amide bonds. The van der Waals surface area contributed by atoms with Crippen molar-refractivity contribution in [3.8, 4) is 10.7 Å². The van der Waals surface area contributed by atoms with E-state index < -0.39 is 0 Å². The summed E-state index contributed by atoms with van der Waals surface area (Å²) in [5.41, 5.74) is 0. The molecular formula is C11H13N3OS. The Balaban J connectivity index is 1.83. The van der Waals surface area contributed by atoms with Crippen LogP contribution in [0.4, 0.5) is 0 Å². The second kappa shape index (κ2) is 3.99. The zero-order valence-electron chi connectivity index (χ0n) is 9.01. The van der Waals surface area contributed by atoms with Crippen LogP contribution in [-0.2, 0) is 4.74 Å². The molecule has 4 nitrogen and oxygen atoms in total. The fraction of sp³-hybridized carbons (Fsp3) is 0.455. The fourth-order valence-electron chi connectivity index (χ4n) is 1.94. The van der Waals surface area contributed by atoms with Crippen molar-refractivity contribution >= 4 is 11.3 Å². The molecule has 16 heavy (non-hydrogen) atoms. The van der Waals surface area contributed by atoms with E-state index in [-0.39, 0.29) is 6.10 Å². The second-order valence-corrected chi connectivity index (χ2v) is 4.98. The number of nitrogens with zero attached hydrogens (tertiary/aromatic N) is 2. The number of ether oxygens (including phenoxy) is 1. The van der Waals surface area contributed by atoms with Gasteiger partial charge in [-0.2, -0.15) is 5.10 Å². The summed E-state index contributed by atoms with van der Waals surface area (Å²) in [5, 5.41) is 9.23. The molecule has 0 radical (unpaired) electrons. The van der Waals surface area contributed by atoms with Gasteiger partial charge in [0, 0.05) is 0 Å². The molecule has 1 aliphatic rings. The summed E-state index contributed by atoms with van der Waals surface area (Å²) in [5.74, 6) is 1.63. The Morgan fingerprint density at radius 2 is 2.44 bits per heavy atom. The molecule has 5 heteroatoms. The summed E-state index contributed by atoms with van der Waals surface area (Å²) >= 11 is 1.65. The van der Waals surface area contributed by atoms with E-state index in [2.05, 4.69) is 22.1 Å². The van der Waals surface area contributed by atoms with Gasteiger partial charge in [-0.3, -0.25) is 5.10 Å². The molecule has 1 fully saturated rings. The number of H-pyrrole nitrogens is 1. The first-order chi connectivity index (χ1) is 7.83. The van der Waals surface area contributed by atoms with E-state index in [1.807, 2.05) is 17.5 Å². The van der Waals surface area contributed by atoms with Gasteiger partial charge in [0.15, 0.2) is 11.6 Å². The van der Waals surface area contributed by atoms with Gasteiger partial charge in [0.1, 0.15) is 6.10 Å². The minimum Gasteiger partial charge on any atom is -0.367 e. The molecule has 2 aromatic heterocycles. The van der Waals surface area contributed by atoms with Crippen molar-refractivity contribution in [3.05, 3.63) is 23.3 Å². The van der Waals surface area contributed by atoms with E-state index in [4.69, 9.17) is 4.74 Å². The third-order valence-corrected chi connectivity index (χ3v) is 3.65. The lowest BCUT2D eigenvalue weighted by Crippen LogP contribution is -2.02. The monoisotopic (exact) mass is 235 g/mol. The predicted molar refractivity (Wildman–Crippen MR) is 62.2 cm³/mol. The van der Waals surface area contributed by atoms with Crippen LogP contribution >= 0.6 is 11.3 Å². The van der Waals surface area contributed by atoms with Crippen LogP contribution in [-0.4, -0.2) is 21.3 Å². The van der Waals surface area contributed by atoms with E-state index in [0.717, 1.165) is 29.4 Å². The standard InChI is InChI=1S/C11H13N3OS/c1-7-4-5-8(15-7)10-12-11(14-13-10)9-3-2-6-16-9/h2-3,6-8H,4-5H2,1H3,(H,12,13,14). The molecule has 0 saturated carbocycles. The molecule has 1 saturated heterocycles. The van der Waals surface area contributed by atoms with E-state index >= 15 is 0 Å². The topological polar surface area (TPSA) is 50.8 Å². The number of hydrogen-bond acceptors (Lipinski definition) is 4. The molecule has 84 valence electrons. The maximum Gasteiger partial charge on any atom is 0.191 e. The first-order valence-electron chi connectivity index (χ1n) is 5.44. The van der Waals surface area contributed by atoms with Gasteiger partial charge in [0.2, 0.25) is 0 Å². The largest absolute Gasteiger partial charge is 0.367 e. The van der Waals surface area contributed by atoms with Gasteiger partial charge >= 0.3 is 0 Å². The van der Waals surface area contributed by atoms with Gasteiger partial charge in [0.05, 0.1) is 11.0 Å². The third kappa shape index (κ3) is 1.76. The summed E-state index contributed by atoms with van der Waals surface area (Å²) in [6.45, 7) is 2.09. The second-order valence-electron chi connectivity index (χ2n) is 4.03. The van der Waals surface area contributed by atoms with Crippen LogP contribution in [0, 0.1) is 0 Å². The fourth-order valence-corrected chi connectivity index (χ4v) is 2.60. The maximum atomic E-state index is 5.75. The Kier molecular flexibility index (Phi) is 2.49. The smallest absolute Gasteiger partial charge is 0.191 e. The number of aromatic amines is 1. The molecule has 2 atom stereocenters. The van der Waals surface area contributed by atoms with Crippen molar-refractivity contribution in [1.82, 2.24) is 15.2 Å². The summed E-state index contributed by atoms with van der Waals surface area (Å²) in [7, 11) is 0. The van der Waals surface area contributed by atoms with Crippen LogP contribution in [0.15, 0.2) is 17.5 Å². The van der Waals surface area contributed by atoms with Crippen molar-refractivity contribution in [2.45, 2.75) is 32.0 Å².